The van der Waals surface area contributed by atoms with Crippen LogP contribution in [0.2, 0.25) is 0 Å². The molecule has 3 aliphatic heterocycles. The van der Waals surface area contributed by atoms with Crippen LogP contribution in [-0.4, -0.2) is 87.8 Å². The van der Waals surface area contributed by atoms with Crippen molar-refractivity contribution in [2.24, 2.45) is 11.8 Å². The number of amides is 3. The molecule has 1 saturated carbocycles. The molecule has 2 aromatic rings. The molecule has 3 N–H and O–H groups in total. The van der Waals surface area contributed by atoms with Crippen molar-refractivity contribution in [3.8, 4) is 0 Å². The molecular formula is C34H46FN5O6. The number of fused-ring (bicyclic) bond motifs is 3. The van der Waals surface area contributed by atoms with Crippen LogP contribution < -0.4 is 10.6 Å². The highest BCUT2D eigenvalue weighted by molar-refractivity contribution is 6.02. The SMILES string of the molecule is CCC1(CC)OC(=O)c2cc3cc(NC(=O)[C@@H]4[C@H](N5CCCCC5)CCN4C(=O)[C@H]4CC[C@H]([C@@H](CF)NC(=O)O)CC4)ccc3n21. The smallest absolute Gasteiger partial charge is 0.404 e. The van der Waals surface area contributed by atoms with Crippen LogP contribution in [0.3, 0.4) is 0 Å². The van der Waals surface area contributed by atoms with Crippen molar-refractivity contribution in [1.29, 1.82) is 0 Å². The number of benzene rings is 1. The number of aromatic nitrogens is 1. The Labute approximate surface area is 268 Å². The van der Waals surface area contributed by atoms with E-state index in [0.29, 0.717) is 56.5 Å². The molecule has 4 heterocycles. The Kier molecular flexibility index (Phi) is 9.27. The first kappa shape index (κ1) is 32.3. The number of alkyl halides is 1. The fourth-order valence-corrected chi connectivity index (χ4v) is 8.50. The number of esters is 1. The van der Waals surface area contributed by atoms with Crippen LogP contribution in [0, 0.1) is 11.8 Å². The second kappa shape index (κ2) is 13.2. The molecule has 4 aliphatic rings. The van der Waals surface area contributed by atoms with Gasteiger partial charge < -0.3 is 25.4 Å². The molecule has 1 aromatic carbocycles. The summed E-state index contributed by atoms with van der Waals surface area (Å²) in [6.07, 6.45) is 6.24. The first-order valence-electron chi connectivity index (χ1n) is 17.0. The van der Waals surface area contributed by atoms with Gasteiger partial charge in [0.15, 0.2) is 5.72 Å². The van der Waals surface area contributed by atoms with Gasteiger partial charge >= 0.3 is 12.1 Å². The highest BCUT2D eigenvalue weighted by Crippen LogP contribution is 2.41. The van der Waals surface area contributed by atoms with E-state index in [9.17, 15) is 23.6 Å². The Morgan fingerprint density at radius 3 is 2.39 bits per heavy atom. The molecule has 250 valence electrons. The van der Waals surface area contributed by atoms with Crippen molar-refractivity contribution in [3.05, 3.63) is 30.0 Å². The summed E-state index contributed by atoms with van der Waals surface area (Å²) in [4.78, 5) is 56.1. The molecule has 0 unspecified atom stereocenters. The van der Waals surface area contributed by atoms with Gasteiger partial charge in [-0.15, -0.1) is 0 Å². The summed E-state index contributed by atoms with van der Waals surface area (Å²) < 4.78 is 21.3. The van der Waals surface area contributed by atoms with Gasteiger partial charge in [-0.2, -0.15) is 0 Å². The molecule has 0 spiro atoms. The van der Waals surface area contributed by atoms with E-state index in [-0.39, 0.29) is 35.7 Å². The minimum Gasteiger partial charge on any atom is -0.465 e. The standard InChI is InChI=1S/C34H46FN5O6/c1-3-34(4-2)40-26-13-12-24(18-23(26)19-28(40)32(43)46-34)36-30(41)29-27(38-15-6-5-7-16-38)14-17-39(29)31(42)22-10-8-21(9-11-22)25(20-35)37-33(44)45/h12-13,18-19,21-22,25,27,29,37H,3-11,14-17,20H2,1-2H3,(H,36,41)(H,44,45)/t21-,22-,25-,27-,29+/m1/s1. The number of halogens is 1. The molecule has 0 bridgehead atoms. The number of nitrogens with zero attached hydrogens (tertiary/aromatic N) is 3. The lowest BCUT2D eigenvalue weighted by molar-refractivity contribution is -0.142. The van der Waals surface area contributed by atoms with Gasteiger partial charge in [-0.1, -0.05) is 20.3 Å². The Hall–Kier alpha value is -3.67. The number of hydrogen-bond donors (Lipinski definition) is 3. The molecule has 3 fully saturated rings. The van der Waals surface area contributed by atoms with Crippen LogP contribution in [0.4, 0.5) is 14.9 Å². The normalized spacial score (nSPS) is 26.8. The highest BCUT2D eigenvalue weighted by Gasteiger charge is 2.47. The number of carboxylic acid groups (broad SMARTS) is 1. The van der Waals surface area contributed by atoms with E-state index in [2.05, 4.69) is 15.5 Å². The van der Waals surface area contributed by atoms with Crippen molar-refractivity contribution < 1.29 is 33.4 Å². The Morgan fingerprint density at radius 2 is 1.74 bits per heavy atom. The van der Waals surface area contributed by atoms with Crippen LogP contribution in [0.1, 0.15) is 88.5 Å². The molecule has 6 rings (SSSR count). The van der Waals surface area contributed by atoms with Crippen LogP contribution >= 0.6 is 0 Å². The molecule has 3 amide bonds. The third kappa shape index (κ3) is 5.84. The van der Waals surface area contributed by atoms with E-state index in [1.807, 2.05) is 42.7 Å². The van der Waals surface area contributed by atoms with Crippen molar-refractivity contribution in [3.63, 3.8) is 0 Å². The van der Waals surface area contributed by atoms with Crippen LogP contribution in [0.5, 0.6) is 0 Å². The quantitative estimate of drug-likeness (QED) is 0.326. The van der Waals surface area contributed by atoms with Crippen molar-refractivity contribution in [2.45, 2.75) is 102 Å². The summed E-state index contributed by atoms with van der Waals surface area (Å²) in [6, 6.07) is 5.96. The zero-order valence-electron chi connectivity index (χ0n) is 26.8. The average molecular weight is 640 g/mol. The van der Waals surface area contributed by atoms with Gasteiger partial charge in [-0.25, -0.2) is 14.0 Å². The average Bonchev–Trinajstić information content (AvgIpc) is 3.76. The lowest BCUT2D eigenvalue weighted by Gasteiger charge is -2.38. The van der Waals surface area contributed by atoms with Crippen LogP contribution in [-0.2, 0) is 20.1 Å². The van der Waals surface area contributed by atoms with Gasteiger partial charge in [0.05, 0.1) is 11.6 Å². The van der Waals surface area contributed by atoms with E-state index in [1.165, 1.54) is 0 Å². The number of rotatable bonds is 9. The summed E-state index contributed by atoms with van der Waals surface area (Å²) >= 11 is 0. The zero-order valence-corrected chi connectivity index (χ0v) is 26.8. The Balaban J connectivity index is 1.21. The minimum absolute atomic E-state index is 0.0469. The number of carbonyl (C=O) groups excluding carboxylic acids is 3. The number of cyclic esters (lactones) is 1. The summed E-state index contributed by atoms with van der Waals surface area (Å²) in [6.45, 7) is 5.53. The predicted octanol–water partition coefficient (Wildman–Crippen LogP) is 5.09. The molecule has 3 atom stereocenters. The monoisotopic (exact) mass is 639 g/mol. The fourth-order valence-electron chi connectivity index (χ4n) is 8.50. The van der Waals surface area contributed by atoms with Gasteiger partial charge in [-0.3, -0.25) is 19.1 Å². The van der Waals surface area contributed by atoms with Crippen LogP contribution in [0.15, 0.2) is 24.3 Å². The first-order valence-corrected chi connectivity index (χ1v) is 17.0. The van der Waals surface area contributed by atoms with E-state index in [1.54, 1.807) is 4.90 Å². The molecule has 12 heteroatoms. The first-order chi connectivity index (χ1) is 22.2. The van der Waals surface area contributed by atoms with Crippen molar-refractivity contribution in [1.82, 2.24) is 19.7 Å². The van der Waals surface area contributed by atoms with Gasteiger partial charge in [0, 0.05) is 42.4 Å². The van der Waals surface area contributed by atoms with Crippen LogP contribution in [0.25, 0.3) is 10.9 Å². The third-order valence-electron chi connectivity index (χ3n) is 11.0. The molecule has 46 heavy (non-hydrogen) atoms. The van der Waals surface area contributed by atoms with E-state index < -0.39 is 30.6 Å². The molecular weight excluding hydrogens is 593 g/mol. The van der Waals surface area contributed by atoms with E-state index in [0.717, 1.165) is 49.7 Å². The van der Waals surface area contributed by atoms with Crippen molar-refractivity contribution in [2.75, 3.05) is 31.6 Å². The predicted molar refractivity (Wildman–Crippen MR) is 170 cm³/mol. The maximum Gasteiger partial charge on any atom is 0.404 e. The highest BCUT2D eigenvalue weighted by atomic mass is 19.1. The molecule has 0 radical (unpaired) electrons. The number of carbonyl (C=O) groups is 4. The summed E-state index contributed by atoms with van der Waals surface area (Å²) in [5.41, 5.74) is 1.26. The topological polar surface area (TPSA) is 133 Å². The fraction of sp³-hybridized carbons (Fsp3) is 0.647. The number of hydrogen-bond acceptors (Lipinski definition) is 6. The molecule has 1 aromatic heterocycles. The van der Waals surface area contributed by atoms with Gasteiger partial charge in [0.1, 0.15) is 18.4 Å². The number of nitrogens with one attached hydrogen (secondary N) is 2. The van der Waals surface area contributed by atoms with Gasteiger partial charge in [0.25, 0.3) is 0 Å². The zero-order chi connectivity index (χ0) is 32.6. The second-order valence-corrected chi connectivity index (χ2v) is 13.4. The Bertz CT molecular complexity index is 1480. The lowest BCUT2D eigenvalue weighted by atomic mass is 9.78. The van der Waals surface area contributed by atoms with Crippen molar-refractivity contribution >= 4 is 40.5 Å². The largest absolute Gasteiger partial charge is 0.465 e. The maximum atomic E-state index is 14.2. The van der Waals surface area contributed by atoms with E-state index >= 15 is 0 Å². The minimum atomic E-state index is -1.24. The summed E-state index contributed by atoms with van der Waals surface area (Å²) in [7, 11) is 0. The lowest BCUT2D eigenvalue weighted by Crippen LogP contribution is -2.55. The Morgan fingerprint density at radius 1 is 1.02 bits per heavy atom. The van der Waals surface area contributed by atoms with Gasteiger partial charge in [-0.05, 0) is 88.2 Å². The van der Waals surface area contributed by atoms with Gasteiger partial charge in [0.2, 0.25) is 11.8 Å². The number of anilines is 1. The molecule has 1 aliphatic carbocycles. The molecule has 11 nitrogen and oxygen atoms in total. The van der Waals surface area contributed by atoms with E-state index in [4.69, 9.17) is 9.84 Å². The summed E-state index contributed by atoms with van der Waals surface area (Å²) in [5, 5.41) is 15.3. The molecule has 2 saturated heterocycles. The second-order valence-electron chi connectivity index (χ2n) is 13.4. The third-order valence-corrected chi connectivity index (χ3v) is 11.0. The maximum absolute atomic E-state index is 14.2. The number of piperidine rings is 1. The number of ether oxygens (including phenoxy) is 1. The summed E-state index contributed by atoms with van der Waals surface area (Å²) in [5.74, 6) is -1.05. The number of likely N-dealkylation sites (tertiary alicyclic amines) is 2.